The van der Waals surface area contributed by atoms with Gasteiger partial charge in [-0.25, -0.2) is 0 Å². The van der Waals surface area contributed by atoms with Crippen LogP contribution in [-0.2, 0) is 13.1 Å². The minimum atomic E-state index is -0.219. The van der Waals surface area contributed by atoms with Crippen molar-refractivity contribution in [2.75, 3.05) is 5.32 Å². The molecule has 0 aliphatic rings. The Morgan fingerprint density at radius 1 is 1.21 bits per heavy atom. The highest BCUT2D eigenvalue weighted by molar-refractivity contribution is 6.42. The smallest absolute Gasteiger partial charge is 0.274 e. The van der Waals surface area contributed by atoms with E-state index >= 15 is 0 Å². The second-order valence-corrected chi connectivity index (χ2v) is 5.98. The molecular weight excluding hydrogens is 349 g/mol. The highest BCUT2D eigenvalue weighted by Gasteiger charge is 2.12. The summed E-state index contributed by atoms with van der Waals surface area (Å²) in [6.45, 7) is 3.09. The Balaban J connectivity index is 1.69. The van der Waals surface area contributed by atoms with Crippen LogP contribution >= 0.6 is 23.2 Å². The fraction of sp³-hybridized carbons (Fsp3) is 0.188. The molecule has 1 amide bonds. The number of hydrogen-bond acceptors (Lipinski definition) is 3. The van der Waals surface area contributed by atoms with Gasteiger partial charge >= 0.3 is 0 Å². The molecule has 0 unspecified atom stereocenters. The Bertz CT molecular complexity index is 871. The molecule has 0 saturated heterocycles. The van der Waals surface area contributed by atoms with Crippen molar-refractivity contribution in [1.29, 1.82) is 0 Å². The SMILES string of the molecule is CCn1nccc1C(=O)Nc1cnn(Cc2ccc(Cl)c(Cl)c2)c1. The van der Waals surface area contributed by atoms with E-state index in [0.717, 1.165) is 5.56 Å². The molecule has 124 valence electrons. The van der Waals surface area contributed by atoms with Crippen molar-refractivity contribution < 1.29 is 4.79 Å². The first-order chi connectivity index (χ1) is 11.6. The first-order valence-electron chi connectivity index (χ1n) is 7.36. The van der Waals surface area contributed by atoms with Crippen LogP contribution in [0.2, 0.25) is 10.0 Å². The fourth-order valence-corrected chi connectivity index (χ4v) is 2.63. The summed E-state index contributed by atoms with van der Waals surface area (Å²) in [5.41, 5.74) is 2.09. The number of carbonyl (C=O) groups is 1. The molecule has 24 heavy (non-hydrogen) atoms. The quantitative estimate of drug-likeness (QED) is 0.751. The average Bonchev–Trinajstić information content (AvgIpc) is 3.20. The zero-order valence-electron chi connectivity index (χ0n) is 12.9. The number of hydrogen-bond donors (Lipinski definition) is 1. The van der Waals surface area contributed by atoms with Crippen molar-refractivity contribution in [3.05, 3.63) is 64.2 Å². The average molecular weight is 364 g/mol. The maximum Gasteiger partial charge on any atom is 0.274 e. The summed E-state index contributed by atoms with van der Waals surface area (Å²) in [5.74, 6) is -0.219. The van der Waals surface area contributed by atoms with Crippen molar-refractivity contribution >= 4 is 34.8 Å². The van der Waals surface area contributed by atoms with E-state index in [-0.39, 0.29) is 5.91 Å². The van der Waals surface area contributed by atoms with Gasteiger partial charge in [0.1, 0.15) is 5.69 Å². The molecule has 0 atom stereocenters. The van der Waals surface area contributed by atoms with Crippen LogP contribution in [0.25, 0.3) is 0 Å². The van der Waals surface area contributed by atoms with Gasteiger partial charge in [-0.05, 0) is 30.7 Å². The van der Waals surface area contributed by atoms with Crippen molar-refractivity contribution in [3.8, 4) is 0 Å². The van der Waals surface area contributed by atoms with Crippen LogP contribution in [0.3, 0.4) is 0 Å². The third-order valence-electron chi connectivity index (χ3n) is 3.47. The highest BCUT2D eigenvalue weighted by Crippen LogP contribution is 2.23. The lowest BCUT2D eigenvalue weighted by Crippen LogP contribution is -2.17. The standard InChI is InChI=1S/C16H15Cl2N5O/c1-2-23-15(5-6-19-23)16(24)21-12-8-20-22(10-12)9-11-3-4-13(17)14(18)7-11/h3-8,10H,2,9H2,1H3,(H,21,24). The molecule has 3 aromatic rings. The molecule has 3 rings (SSSR count). The predicted octanol–water partition coefficient (Wildman–Crippen LogP) is 3.71. The predicted molar refractivity (Wildman–Crippen MR) is 93.6 cm³/mol. The van der Waals surface area contributed by atoms with Crippen molar-refractivity contribution in [2.45, 2.75) is 20.0 Å². The summed E-state index contributed by atoms with van der Waals surface area (Å²) in [6, 6.07) is 7.11. The highest BCUT2D eigenvalue weighted by atomic mass is 35.5. The van der Waals surface area contributed by atoms with Crippen LogP contribution in [-0.4, -0.2) is 25.5 Å². The summed E-state index contributed by atoms with van der Waals surface area (Å²) < 4.78 is 3.35. The number of carbonyl (C=O) groups excluding carboxylic acids is 1. The Hall–Kier alpha value is -2.31. The maximum atomic E-state index is 12.3. The second kappa shape index (κ2) is 7.07. The van der Waals surface area contributed by atoms with Crippen molar-refractivity contribution in [1.82, 2.24) is 19.6 Å². The van der Waals surface area contributed by atoms with Gasteiger partial charge in [0, 0.05) is 18.9 Å². The molecule has 1 N–H and O–H groups in total. The minimum Gasteiger partial charge on any atom is -0.318 e. The van der Waals surface area contributed by atoms with Gasteiger partial charge in [0.2, 0.25) is 0 Å². The van der Waals surface area contributed by atoms with E-state index in [2.05, 4.69) is 15.5 Å². The van der Waals surface area contributed by atoms with Crippen LogP contribution in [0, 0.1) is 0 Å². The molecule has 6 nitrogen and oxygen atoms in total. The second-order valence-electron chi connectivity index (χ2n) is 5.16. The normalized spacial score (nSPS) is 10.8. The Morgan fingerprint density at radius 2 is 2.04 bits per heavy atom. The molecule has 1 aromatic carbocycles. The van der Waals surface area contributed by atoms with Gasteiger partial charge in [-0.1, -0.05) is 29.3 Å². The number of halogens is 2. The number of rotatable bonds is 5. The summed E-state index contributed by atoms with van der Waals surface area (Å²) in [5, 5.41) is 12.2. The Labute approximate surface area is 149 Å². The number of nitrogens with zero attached hydrogens (tertiary/aromatic N) is 4. The van der Waals surface area contributed by atoms with Gasteiger partial charge in [-0.15, -0.1) is 0 Å². The molecule has 0 aliphatic carbocycles. The number of amides is 1. The number of anilines is 1. The number of aromatic nitrogens is 4. The van der Waals surface area contributed by atoms with E-state index in [0.29, 0.717) is 34.5 Å². The summed E-state index contributed by atoms with van der Waals surface area (Å²) in [7, 11) is 0. The van der Waals surface area contributed by atoms with Crippen molar-refractivity contribution in [3.63, 3.8) is 0 Å². The molecule has 2 heterocycles. The van der Waals surface area contributed by atoms with Gasteiger partial charge in [0.15, 0.2) is 0 Å². The summed E-state index contributed by atoms with van der Waals surface area (Å²) in [6.07, 6.45) is 4.96. The maximum absolute atomic E-state index is 12.3. The molecule has 0 bridgehead atoms. The topological polar surface area (TPSA) is 64.7 Å². The van der Waals surface area contributed by atoms with E-state index in [1.807, 2.05) is 13.0 Å². The molecule has 0 aliphatic heterocycles. The lowest BCUT2D eigenvalue weighted by atomic mass is 10.2. The molecule has 0 fully saturated rings. The largest absolute Gasteiger partial charge is 0.318 e. The summed E-state index contributed by atoms with van der Waals surface area (Å²) >= 11 is 11.9. The Morgan fingerprint density at radius 3 is 2.79 bits per heavy atom. The van der Waals surface area contributed by atoms with E-state index in [1.165, 1.54) is 0 Å². The van der Waals surface area contributed by atoms with Gasteiger partial charge < -0.3 is 5.32 Å². The lowest BCUT2D eigenvalue weighted by molar-refractivity contribution is 0.101. The van der Waals surface area contributed by atoms with Gasteiger partial charge in [-0.2, -0.15) is 10.2 Å². The van der Waals surface area contributed by atoms with E-state index in [4.69, 9.17) is 23.2 Å². The van der Waals surface area contributed by atoms with Gasteiger partial charge in [-0.3, -0.25) is 14.2 Å². The molecule has 0 saturated carbocycles. The van der Waals surface area contributed by atoms with Crippen molar-refractivity contribution in [2.24, 2.45) is 0 Å². The molecule has 8 heteroatoms. The zero-order chi connectivity index (χ0) is 17.1. The van der Waals surface area contributed by atoms with Crippen LogP contribution in [0.1, 0.15) is 23.0 Å². The zero-order valence-corrected chi connectivity index (χ0v) is 14.4. The van der Waals surface area contributed by atoms with Crippen LogP contribution in [0.5, 0.6) is 0 Å². The molecule has 0 spiro atoms. The lowest BCUT2D eigenvalue weighted by Gasteiger charge is -2.05. The van der Waals surface area contributed by atoms with E-state index in [9.17, 15) is 4.79 Å². The monoisotopic (exact) mass is 363 g/mol. The number of aryl methyl sites for hydroxylation is 1. The first-order valence-corrected chi connectivity index (χ1v) is 8.12. The molecule has 2 aromatic heterocycles. The third kappa shape index (κ3) is 3.60. The third-order valence-corrected chi connectivity index (χ3v) is 4.21. The van der Waals surface area contributed by atoms with Crippen LogP contribution in [0.4, 0.5) is 5.69 Å². The van der Waals surface area contributed by atoms with Crippen LogP contribution in [0.15, 0.2) is 42.9 Å². The molecular formula is C16H15Cl2N5O. The minimum absolute atomic E-state index is 0.219. The fourth-order valence-electron chi connectivity index (χ4n) is 2.31. The number of nitrogens with one attached hydrogen (secondary N) is 1. The first kappa shape index (κ1) is 16.5. The van der Waals surface area contributed by atoms with E-state index < -0.39 is 0 Å². The number of benzene rings is 1. The van der Waals surface area contributed by atoms with Crippen LogP contribution < -0.4 is 5.32 Å². The van der Waals surface area contributed by atoms with E-state index in [1.54, 1.807) is 46.2 Å². The summed E-state index contributed by atoms with van der Waals surface area (Å²) in [4.78, 5) is 12.3. The molecule has 0 radical (unpaired) electrons. The van der Waals surface area contributed by atoms with Gasteiger partial charge in [0.25, 0.3) is 5.91 Å². The Kier molecular flexibility index (Phi) is 4.87. The van der Waals surface area contributed by atoms with Gasteiger partial charge in [0.05, 0.1) is 28.5 Å².